The fourth-order valence-corrected chi connectivity index (χ4v) is 2.23. The molecule has 0 saturated heterocycles. The highest BCUT2D eigenvalue weighted by molar-refractivity contribution is 6.29. The van der Waals surface area contributed by atoms with E-state index in [4.69, 9.17) is 16.3 Å². The van der Waals surface area contributed by atoms with Crippen LogP contribution >= 0.6 is 11.6 Å². The van der Waals surface area contributed by atoms with Crippen LogP contribution in [0.25, 0.3) is 0 Å². The normalized spacial score (nSPS) is 10.8. The molecule has 0 radical (unpaired) electrons. The first kappa shape index (κ1) is 14.6. The monoisotopic (exact) mass is 292 g/mol. The Morgan fingerprint density at radius 1 is 1.35 bits per heavy atom. The number of methoxy groups -OCH3 is 1. The Bertz CT molecular complexity index is 665. The van der Waals surface area contributed by atoms with E-state index in [9.17, 15) is 4.79 Å². The van der Waals surface area contributed by atoms with Gasteiger partial charge in [-0.3, -0.25) is 9.36 Å². The van der Waals surface area contributed by atoms with Crippen LogP contribution in [0.4, 0.5) is 0 Å². The summed E-state index contributed by atoms with van der Waals surface area (Å²) in [5.74, 6) is 1.57. The molecule has 0 aliphatic heterocycles. The highest BCUT2D eigenvalue weighted by atomic mass is 35.5. The molecule has 0 aliphatic carbocycles. The number of aromatic nitrogens is 2. The molecule has 0 atom stereocenters. The van der Waals surface area contributed by atoms with Gasteiger partial charge >= 0.3 is 0 Å². The van der Waals surface area contributed by atoms with E-state index in [1.807, 2.05) is 38.1 Å². The quantitative estimate of drug-likeness (QED) is 0.814. The van der Waals surface area contributed by atoms with Crippen molar-refractivity contribution in [1.82, 2.24) is 9.55 Å². The zero-order valence-corrected chi connectivity index (χ0v) is 12.5. The van der Waals surface area contributed by atoms with Crippen LogP contribution in [0.5, 0.6) is 5.75 Å². The van der Waals surface area contributed by atoms with Gasteiger partial charge in [0.2, 0.25) is 0 Å². The Morgan fingerprint density at radius 2 is 2.10 bits per heavy atom. The topological polar surface area (TPSA) is 44.1 Å². The molecule has 0 saturated carbocycles. The third-order valence-electron chi connectivity index (χ3n) is 3.00. The molecule has 2 rings (SSSR count). The fraction of sp³-hybridized carbons (Fsp3) is 0.333. The first-order valence-corrected chi connectivity index (χ1v) is 6.79. The first-order valence-electron chi connectivity index (χ1n) is 6.41. The highest BCUT2D eigenvalue weighted by Crippen LogP contribution is 2.17. The van der Waals surface area contributed by atoms with E-state index in [0.717, 1.165) is 11.3 Å². The summed E-state index contributed by atoms with van der Waals surface area (Å²) in [7, 11) is 1.62. The number of ether oxygens (including phenoxy) is 1. The van der Waals surface area contributed by atoms with Crippen LogP contribution in [0, 0.1) is 0 Å². The molecule has 0 N–H and O–H groups in total. The van der Waals surface area contributed by atoms with E-state index in [0.29, 0.717) is 12.4 Å². The van der Waals surface area contributed by atoms with Gasteiger partial charge in [0.05, 0.1) is 13.7 Å². The Morgan fingerprint density at radius 3 is 2.75 bits per heavy atom. The maximum atomic E-state index is 12.1. The maximum absolute atomic E-state index is 12.1. The molecule has 20 heavy (non-hydrogen) atoms. The number of hydrogen-bond donors (Lipinski definition) is 0. The number of nitrogens with zero attached hydrogens (tertiary/aromatic N) is 2. The average molecular weight is 293 g/mol. The van der Waals surface area contributed by atoms with Crippen LogP contribution in [-0.4, -0.2) is 16.7 Å². The van der Waals surface area contributed by atoms with Gasteiger partial charge in [0.15, 0.2) is 0 Å². The molecule has 0 amide bonds. The van der Waals surface area contributed by atoms with E-state index in [1.165, 1.54) is 6.07 Å². The van der Waals surface area contributed by atoms with Crippen LogP contribution in [0.2, 0.25) is 5.15 Å². The van der Waals surface area contributed by atoms with Crippen molar-refractivity contribution >= 4 is 11.6 Å². The lowest BCUT2D eigenvalue weighted by Gasteiger charge is -2.15. The van der Waals surface area contributed by atoms with Gasteiger partial charge in [-0.1, -0.05) is 37.6 Å². The van der Waals surface area contributed by atoms with E-state index in [2.05, 4.69) is 4.98 Å². The smallest absolute Gasteiger partial charge is 0.255 e. The predicted molar refractivity (Wildman–Crippen MR) is 79.7 cm³/mol. The SMILES string of the molecule is COc1cccc(Cn2c(C(C)C)nc(Cl)cc2=O)c1. The number of hydrogen-bond acceptors (Lipinski definition) is 3. The van der Waals surface area contributed by atoms with Gasteiger partial charge in [0.25, 0.3) is 5.56 Å². The Balaban J connectivity index is 2.44. The van der Waals surface area contributed by atoms with Crippen molar-refractivity contribution in [3.05, 3.63) is 57.2 Å². The minimum absolute atomic E-state index is 0.118. The van der Waals surface area contributed by atoms with Crippen molar-refractivity contribution in [2.24, 2.45) is 0 Å². The molecule has 5 heteroatoms. The summed E-state index contributed by atoms with van der Waals surface area (Å²) in [6.45, 7) is 4.42. The van der Waals surface area contributed by atoms with Crippen molar-refractivity contribution in [2.45, 2.75) is 26.3 Å². The van der Waals surface area contributed by atoms with Gasteiger partial charge in [-0.15, -0.1) is 0 Å². The van der Waals surface area contributed by atoms with E-state index in [-0.39, 0.29) is 16.6 Å². The summed E-state index contributed by atoms with van der Waals surface area (Å²) >= 11 is 5.87. The third kappa shape index (κ3) is 3.20. The summed E-state index contributed by atoms with van der Waals surface area (Å²) in [4.78, 5) is 16.4. The molecule has 0 unspecified atom stereocenters. The molecule has 0 fully saturated rings. The summed E-state index contributed by atoms with van der Waals surface area (Å²) in [6, 6.07) is 8.97. The molecule has 0 aliphatic rings. The minimum Gasteiger partial charge on any atom is -0.497 e. The highest BCUT2D eigenvalue weighted by Gasteiger charge is 2.12. The molecule has 2 aromatic rings. The third-order valence-corrected chi connectivity index (χ3v) is 3.19. The maximum Gasteiger partial charge on any atom is 0.255 e. The van der Waals surface area contributed by atoms with Crippen molar-refractivity contribution in [1.29, 1.82) is 0 Å². The lowest BCUT2D eigenvalue weighted by Crippen LogP contribution is -2.25. The molecular weight excluding hydrogens is 276 g/mol. The van der Waals surface area contributed by atoms with Gasteiger partial charge in [-0.05, 0) is 17.7 Å². The van der Waals surface area contributed by atoms with Crippen LogP contribution in [-0.2, 0) is 6.54 Å². The second kappa shape index (κ2) is 6.09. The molecule has 106 valence electrons. The lowest BCUT2D eigenvalue weighted by molar-refractivity contribution is 0.414. The van der Waals surface area contributed by atoms with Crippen LogP contribution in [0.1, 0.15) is 31.2 Å². The van der Waals surface area contributed by atoms with Crippen LogP contribution < -0.4 is 10.3 Å². The van der Waals surface area contributed by atoms with Crippen LogP contribution in [0.3, 0.4) is 0 Å². The molecule has 0 spiro atoms. The summed E-state index contributed by atoms with van der Waals surface area (Å²) in [5.41, 5.74) is 0.842. The summed E-state index contributed by atoms with van der Waals surface area (Å²) in [5, 5.41) is 0.237. The van der Waals surface area contributed by atoms with Crippen molar-refractivity contribution in [2.75, 3.05) is 7.11 Å². The van der Waals surface area contributed by atoms with Crippen molar-refractivity contribution in [3.63, 3.8) is 0 Å². The lowest BCUT2D eigenvalue weighted by atomic mass is 10.1. The van der Waals surface area contributed by atoms with E-state index < -0.39 is 0 Å². The molecule has 1 aromatic carbocycles. The van der Waals surface area contributed by atoms with Crippen molar-refractivity contribution in [3.8, 4) is 5.75 Å². The standard InChI is InChI=1S/C15H17ClN2O2/c1-10(2)15-17-13(16)8-14(19)18(15)9-11-5-4-6-12(7-11)20-3/h4-8,10H,9H2,1-3H3. The van der Waals surface area contributed by atoms with Gasteiger partial charge in [-0.25, -0.2) is 4.98 Å². The van der Waals surface area contributed by atoms with E-state index in [1.54, 1.807) is 11.7 Å². The zero-order chi connectivity index (χ0) is 14.7. The minimum atomic E-state index is -0.142. The van der Waals surface area contributed by atoms with Gasteiger partial charge < -0.3 is 4.74 Å². The first-order chi connectivity index (χ1) is 9.51. The Kier molecular flexibility index (Phi) is 4.45. The number of halogens is 1. The fourth-order valence-electron chi connectivity index (χ4n) is 2.05. The Labute approximate surface area is 123 Å². The largest absolute Gasteiger partial charge is 0.497 e. The predicted octanol–water partition coefficient (Wildman–Crippen LogP) is 3.08. The molecular formula is C15H17ClN2O2. The Hall–Kier alpha value is -1.81. The average Bonchev–Trinajstić information content (AvgIpc) is 2.41. The van der Waals surface area contributed by atoms with E-state index >= 15 is 0 Å². The zero-order valence-electron chi connectivity index (χ0n) is 11.8. The van der Waals surface area contributed by atoms with Gasteiger partial charge in [-0.2, -0.15) is 0 Å². The summed E-state index contributed by atoms with van der Waals surface area (Å²) in [6.07, 6.45) is 0. The molecule has 0 bridgehead atoms. The van der Waals surface area contributed by atoms with Crippen LogP contribution in [0.15, 0.2) is 35.1 Å². The van der Waals surface area contributed by atoms with Gasteiger partial charge in [0.1, 0.15) is 16.7 Å². The molecule has 4 nitrogen and oxygen atoms in total. The number of rotatable bonds is 4. The van der Waals surface area contributed by atoms with Crippen molar-refractivity contribution < 1.29 is 4.74 Å². The second-order valence-corrected chi connectivity index (χ2v) is 5.25. The molecule has 1 aromatic heterocycles. The molecule has 1 heterocycles. The second-order valence-electron chi connectivity index (χ2n) is 4.87. The number of benzene rings is 1. The summed E-state index contributed by atoms with van der Waals surface area (Å²) < 4.78 is 6.84. The van der Waals surface area contributed by atoms with Gasteiger partial charge in [0, 0.05) is 12.0 Å².